The molecular weight excluding hydrogens is 368 g/mol. The first-order chi connectivity index (χ1) is 12.9. The Kier molecular flexibility index (Phi) is 5.52. The highest BCUT2D eigenvalue weighted by Gasteiger charge is 2.20. The van der Waals surface area contributed by atoms with Crippen molar-refractivity contribution in [3.63, 3.8) is 0 Å². The lowest BCUT2D eigenvalue weighted by Crippen LogP contribution is -2.27. The van der Waals surface area contributed by atoms with Crippen LogP contribution in [-0.4, -0.2) is 37.3 Å². The lowest BCUT2D eigenvalue weighted by atomic mass is 10.1. The van der Waals surface area contributed by atoms with Crippen molar-refractivity contribution in [2.24, 2.45) is 0 Å². The van der Waals surface area contributed by atoms with E-state index in [9.17, 15) is 8.42 Å². The second-order valence-electron chi connectivity index (χ2n) is 5.97. The molecular formula is C18H20N4O4S. The van der Waals surface area contributed by atoms with E-state index in [-0.39, 0.29) is 17.9 Å². The third-order valence-electron chi connectivity index (χ3n) is 3.96. The average Bonchev–Trinajstić information content (AvgIpc) is 3.10. The van der Waals surface area contributed by atoms with Gasteiger partial charge in [0.25, 0.3) is 0 Å². The number of nitrogens with zero attached hydrogens (tertiary/aromatic N) is 3. The Labute approximate surface area is 157 Å². The van der Waals surface area contributed by atoms with Gasteiger partial charge in [0.1, 0.15) is 5.75 Å². The summed E-state index contributed by atoms with van der Waals surface area (Å²) in [7, 11) is -2.12. The number of aryl methyl sites for hydroxylation is 2. The van der Waals surface area contributed by atoms with Gasteiger partial charge in [-0.15, -0.1) is 10.2 Å². The van der Waals surface area contributed by atoms with E-state index in [1.54, 1.807) is 57.6 Å². The molecule has 0 saturated carbocycles. The SMILES string of the molecule is COc1cc(C)c(S(=O)(=O)NCCc2nnc(-c3ccncc3)o2)c(C)c1. The van der Waals surface area contributed by atoms with Crippen molar-refractivity contribution in [3.05, 3.63) is 53.7 Å². The van der Waals surface area contributed by atoms with Crippen LogP contribution in [0.1, 0.15) is 17.0 Å². The van der Waals surface area contributed by atoms with Crippen molar-refractivity contribution in [2.75, 3.05) is 13.7 Å². The number of aromatic nitrogens is 3. The highest BCUT2D eigenvalue weighted by molar-refractivity contribution is 7.89. The lowest BCUT2D eigenvalue weighted by molar-refractivity contribution is 0.413. The molecule has 2 heterocycles. The Morgan fingerprint density at radius 3 is 2.41 bits per heavy atom. The largest absolute Gasteiger partial charge is 0.497 e. The van der Waals surface area contributed by atoms with Crippen LogP contribution in [0.2, 0.25) is 0 Å². The maximum absolute atomic E-state index is 12.7. The van der Waals surface area contributed by atoms with Crippen LogP contribution in [0.15, 0.2) is 46.0 Å². The Bertz CT molecular complexity index is 1010. The van der Waals surface area contributed by atoms with Gasteiger partial charge in [0.15, 0.2) is 0 Å². The molecule has 0 saturated heterocycles. The Morgan fingerprint density at radius 2 is 1.78 bits per heavy atom. The molecule has 0 aliphatic carbocycles. The van der Waals surface area contributed by atoms with Gasteiger partial charge in [0.05, 0.1) is 12.0 Å². The van der Waals surface area contributed by atoms with E-state index in [4.69, 9.17) is 9.15 Å². The fraction of sp³-hybridized carbons (Fsp3) is 0.278. The van der Waals surface area contributed by atoms with Crippen LogP contribution in [0.25, 0.3) is 11.5 Å². The van der Waals surface area contributed by atoms with Gasteiger partial charge in [0.2, 0.25) is 21.8 Å². The minimum Gasteiger partial charge on any atom is -0.497 e. The molecule has 9 heteroatoms. The fourth-order valence-corrected chi connectivity index (χ4v) is 4.26. The number of nitrogens with one attached hydrogen (secondary N) is 1. The number of methoxy groups -OCH3 is 1. The van der Waals surface area contributed by atoms with Crippen LogP contribution < -0.4 is 9.46 Å². The quantitative estimate of drug-likeness (QED) is 0.661. The summed E-state index contributed by atoms with van der Waals surface area (Å²) < 4.78 is 38.7. The predicted molar refractivity (Wildman–Crippen MR) is 98.9 cm³/mol. The van der Waals surface area contributed by atoms with E-state index in [1.807, 2.05) is 0 Å². The summed E-state index contributed by atoms with van der Waals surface area (Å²) in [5.41, 5.74) is 2.00. The zero-order valence-electron chi connectivity index (χ0n) is 15.3. The van der Waals surface area contributed by atoms with E-state index in [2.05, 4.69) is 19.9 Å². The van der Waals surface area contributed by atoms with Crippen LogP contribution in [0.3, 0.4) is 0 Å². The second kappa shape index (κ2) is 7.85. The van der Waals surface area contributed by atoms with Crippen molar-refractivity contribution < 1.29 is 17.6 Å². The zero-order chi connectivity index (χ0) is 19.4. The van der Waals surface area contributed by atoms with Crippen molar-refractivity contribution in [1.82, 2.24) is 19.9 Å². The van der Waals surface area contributed by atoms with Gasteiger partial charge in [-0.2, -0.15) is 0 Å². The van der Waals surface area contributed by atoms with Gasteiger partial charge in [-0.25, -0.2) is 13.1 Å². The second-order valence-corrected chi connectivity index (χ2v) is 7.68. The lowest BCUT2D eigenvalue weighted by Gasteiger charge is -2.13. The van der Waals surface area contributed by atoms with Gasteiger partial charge in [-0.05, 0) is 49.2 Å². The summed E-state index contributed by atoms with van der Waals surface area (Å²) in [6, 6.07) is 6.91. The Hall–Kier alpha value is -2.78. The Morgan fingerprint density at radius 1 is 1.11 bits per heavy atom. The maximum Gasteiger partial charge on any atom is 0.247 e. The molecule has 0 amide bonds. The topological polar surface area (TPSA) is 107 Å². The molecule has 3 aromatic rings. The fourth-order valence-electron chi connectivity index (χ4n) is 2.78. The summed E-state index contributed by atoms with van der Waals surface area (Å²) in [6.45, 7) is 3.62. The smallest absolute Gasteiger partial charge is 0.247 e. The molecule has 0 radical (unpaired) electrons. The van der Waals surface area contributed by atoms with Crippen LogP contribution in [-0.2, 0) is 16.4 Å². The van der Waals surface area contributed by atoms with E-state index in [0.717, 1.165) is 5.56 Å². The standard InChI is InChI=1S/C18H20N4O4S/c1-12-10-15(25-3)11-13(2)17(12)27(23,24)20-9-6-16-21-22-18(26-16)14-4-7-19-8-5-14/h4-5,7-8,10-11,20H,6,9H2,1-3H3. The maximum atomic E-state index is 12.7. The molecule has 0 atom stereocenters. The predicted octanol–water partition coefficient (Wildman–Crippen LogP) is 2.28. The highest BCUT2D eigenvalue weighted by Crippen LogP contribution is 2.25. The van der Waals surface area contributed by atoms with Gasteiger partial charge < -0.3 is 9.15 Å². The summed E-state index contributed by atoms with van der Waals surface area (Å²) in [5.74, 6) is 1.35. The van der Waals surface area contributed by atoms with Crippen LogP contribution in [0, 0.1) is 13.8 Å². The van der Waals surface area contributed by atoms with E-state index in [0.29, 0.717) is 28.7 Å². The Balaban J connectivity index is 1.68. The molecule has 0 aliphatic rings. The molecule has 0 aliphatic heterocycles. The summed E-state index contributed by atoms with van der Waals surface area (Å²) in [5, 5.41) is 7.93. The first-order valence-electron chi connectivity index (χ1n) is 8.28. The monoisotopic (exact) mass is 388 g/mol. The van der Waals surface area contributed by atoms with E-state index in [1.165, 1.54) is 0 Å². The summed E-state index contributed by atoms with van der Waals surface area (Å²) in [6.07, 6.45) is 3.55. The third kappa shape index (κ3) is 4.32. The summed E-state index contributed by atoms with van der Waals surface area (Å²) >= 11 is 0. The van der Waals surface area contributed by atoms with E-state index >= 15 is 0 Å². The van der Waals surface area contributed by atoms with Gasteiger partial charge in [-0.3, -0.25) is 4.98 Å². The zero-order valence-corrected chi connectivity index (χ0v) is 16.1. The average molecular weight is 388 g/mol. The first-order valence-corrected chi connectivity index (χ1v) is 9.76. The third-order valence-corrected chi connectivity index (χ3v) is 5.73. The van der Waals surface area contributed by atoms with Crippen molar-refractivity contribution >= 4 is 10.0 Å². The molecule has 1 N–H and O–H groups in total. The minimum absolute atomic E-state index is 0.144. The molecule has 27 heavy (non-hydrogen) atoms. The van der Waals surface area contributed by atoms with Crippen LogP contribution >= 0.6 is 0 Å². The molecule has 0 spiro atoms. The van der Waals surface area contributed by atoms with Gasteiger partial charge in [0, 0.05) is 30.9 Å². The molecule has 2 aromatic heterocycles. The van der Waals surface area contributed by atoms with Crippen molar-refractivity contribution in [1.29, 1.82) is 0 Å². The summed E-state index contributed by atoms with van der Waals surface area (Å²) in [4.78, 5) is 4.19. The van der Waals surface area contributed by atoms with Crippen LogP contribution in [0.5, 0.6) is 5.75 Å². The highest BCUT2D eigenvalue weighted by atomic mass is 32.2. The molecule has 0 bridgehead atoms. The number of hydrogen-bond donors (Lipinski definition) is 1. The molecule has 8 nitrogen and oxygen atoms in total. The molecule has 0 fully saturated rings. The van der Waals surface area contributed by atoms with Crippen molar-refractivity contribution in [2.45, 2.75) is 25.2 Å². The van der Waals surface area contributed by atoms with Gasteiger partial charge in [-0.1, -0.05) is 0 Å². The first kappa shape index (κ1) is 19.0. The number of benzene rings is 1. The molecule has 0 unspecified atom stereocenters. The molecule has 142 valence electrons. The van der Waals surface area contributed by atoms with E-state index < -0.39 is 10.0 Å². The van der Waals surface area contributed by atoms with Crippen LogP contribution in [0.4, 0.5) is 0 Å². The molecule has 3 rings (SSSR count). The van der Waals surface area contributed by atoms with Crippen molar-refractivity contribution in [3.8, 4) is 17.2 Å². The number of sulfonamides is 1. The number of pyridine rings is 1. The number of hydrogen-bond acceptors (Lipinski definition) is 7. The van der Waals surface area contributed by atoms with Gasteiger partial charge >= 0.3 is 0 Å². The minimum atomic E-state index is -3.67. The number of ether oxygens (including phenoxy) is 1. The normalized spacial score (nSPS) is 11.5. The number of rotatable bonds is 7. The molecule has 1 aromatic carbocycles.